The number of thiophene rings is 1. The van der Waals surface area contributed by atoms with Gasteiger partial charge in [-0.25, -0.2) is 4.98 Å². The Morgan fingerprint density at radius 3 is 2.86 bits per heavy atom. The summed E-state index contributed by atoms with van der Waals surface area (Å²) in [5.74, 6) is 1.03. The first-order chi connectivity index (χ1) is 10.2. The highest BCUT2D eigenvalue weighted by Gasteiger charge is 2.08. The molecule has 0 radical (unpaired) electrons. The first kappa shape index (κ1) is 15.3. The first-order valence-corrected chi connectivity index (χ1v) is 7.86. The van der Waals surface area contributed by atoms with Gasteiger partial charge in [-0.05, 0) is 18.4 Å². The number of nitrogens with zero attached hydrogens (tertiary/aromatic N) is 4. The molecule has 6 nitrogen and oxygen atoms in total. The van der Waals surface area contributed by atoms with Crippen LogP contribution in [0, 0.1) is 6.92 Å². The number of imidazole rings is 1. The lowest BCUT2D eigenvalue weighted by Gasteiger charge is -2.04. The van der Waals surface area contributed by atoms with Crippen LogP contribution in [0.1, 0.15) is 10.0 Å². The number of carbonyl (C=O) groups is 1. The molecule has 0 saturated heterocycles. The number of rotatable bonds is 4. The summed E-state index contributed by atoms with van der Waals surface area (Å²) in [7, 11) is 0. The van der Waals surface area contributed by atoms with Crippen LogP contribution in [-0.4, -0.2) is 31.3 Å². The van der Waals surface area contributed by atoms with Crippen molar-refractivity contribution in [3.63, 3.8) is 0 Å². The summed E-state index contributed by atoms with van der Waals surface area (Å²) in [6.45, 7) is 2.62. The maximum Gasteiger partial charge on any atom is 0.290 e. The molecule has 0 spiro atoms. The van der Waals surface area contributed by atoms with E-state index in [9.17, 15) is 0 Å². The summed E-state index contributed by atoms with van der Waals surface area (Å²) < 4.78 is 2.17. The minimum absolute atomic E-state index is 0.250. The molecule has 0 unspecified atom stereocenters. The third-order valence-corrected chi connectivity index (χ3v) is 4.36. The number of carboxylic acid groups (broad SMARTS) is 1. The highest BCUT2D eigenvalue weighted by atomic mass is 32.1. The molecule has 0 atom stereocenters. The minimum atomic E-state index is -0.250. The van der Waals surface area contributed by atoms with Crippen molar-refractivity contribution in [3.05, 3.63) is 39.9 Å². The van der Waals surface area contributed by atoms with Crippen LogP contribution in [0.3, 0.4) is 0 Å². The quantitative estimate of drug-likeness (QED) is 0.747. The number of hydrogen-bond donors (Lipinski definition) is 1. The molecule has 0 fully saturated rings. The lowest BCUT2D eigenvalue weighted by Crippen LogP contribution is -2.01. The summed E-state index contributed by atoms with van der Waals surface area (Å²) in [4.78, 5) is 14.0. The topological polar surface area (TPSA) is 80.9 Å². The second-order valence-corrected chi connectivity index (χ2v) is 6.21. The van der Waals surface area contributed by atoms with E-state index in [1.165, 1.54) is 4.88 Å². The largest absolute Gasteiger partial charge is 0.483 e. The Hall–Kier alpha value is -2.06. The Morgan fingerprint density at radius 2 is 2.24 bits per heavy atom. The Kier molecular flexibility index (Phi) is 5.59. The fourth-order valence-corrected chi connectivity index (χ4v) is 3.21. The maximum atomic E-state index is 8.36. The van der Waals surface area contributed by atoms with Gasteiger partial charge < -0.3 is 9.67 Å². The van der Waals surface area contributed by atoms with Crippen LogP contribution in [0.4, 0.5) is 0 Å². The van der Waals surface area contributed by atoms with Gasteiger partial charge in [-0.2, -0.15) is 0 Å². The van der Waals surface area contributed by atoms with Gasteiger partial charge in [0, 0.05) is 25.4 Å². The number of aryl methyl sites for hydroxylation is 3. The first-order valence-electron chi connectivity index (χ1n) is 6.16. The summed E-state index contributed by atoms with van der Waals surface area (Å²) in [6.07, 6.45) is 4.77. The molecule has 0 amide bonds. The third-order valence-electron chi connectivity index (χ3n) is 2.59. The Labute approximate surface area is 129 Å². The van der Waals surface area contributed by atoms with E-state index < -0.39 is 0 Å². The van der Waals surface area contributed by atoms with Crippen LogP contribution in [0.5, 0.6) is 0 Å². The van der Waals surface area contributed by atoms with E-state index in [1.54, 1.807) is 22.7 Å². The van der Waals surface area contributed by atoms with Gasteiger partial charge in [0.15, 0.2) is 0 Å². The molecular formula is C13H14N4O2S2. The summed E-state index contributed by atoms with van der Waals surface area (Å²) in [5.41, 5.74) is 0. The van der Waals surface area contributed by atoms with Crippen molar-refractivity contribution in [2.75, 3.05) is 0 Å². The second-order valence-electron chi connectivity index (χ2n) is 3.99. The van der Waals surface area contributed by atoms with Crippen molar-refractivity contribution in [2.24, 2.45) is 0 Å². The van der Waals surface area contributed by atoms with Gasteiger partial charge >= 0.3 is 0 Å². The molecule has 0 saturated carbocycles. The van der Waals surface area contributed by atoms with Crippen molar-refractivity contribution in [3.8, 4) is 10.7 Å². The smallest absolute Gasteiger partial charge is 0.290 e. The molecule has 0 bridgehead atoms. The fourth-order valence-electron chi connectivity index (χ4n) is 1.78. The fraction of sp³-hybridized carbons (Fsp3) is 0.231. The molecule has 8 heteroatoms. The zero-order valence-electron chi connectivity index (χ0n) is 11.3. The minimum Gasteiger partial charge on any atom is -0.483 e. The lowest BCUT2D eigenvalue weighted by molar-refractivity contribution is -0.122. The Bertz CT molecular complexity index is 676. The Morgan fingerprint density at radius 1 is 1.43 bits per heavy atom. The molecular weight excluding hydrogens is 308 g/mol. The molecule has 0 aliphatic carbocycles. The summed E-state index contributed by atoms with van der Waals surface area (Å²) in [6, 6.07) is 4.14. The zero-order chi connectivity index (χ0) is 15.1. The molecule has 3 rings (SSSR count). The van der Waals surface area contributed by atoms with Crippen molar-refractivity contribution < 1.29 is 9.90 Å². The van der Waals surface area contributed by atoms with Crippen LogP contribution >= 0.6 is 22.7 Å². The normalized spacial score (nSPS) is 9.95. The van der Waals surface area contributed by atoms with Crippen LogP contribution < -0.4 is 0 Å². The SMILES string of the molecule is Cc1nnc(CCn2ccnc2-c2cccs2)s1.O=CO. The molecule has 3 aromatic heterocycles. The second kappa shape index (κ2) is 7.65. The van der Waals surface area contributed by atoms with Crippen LogP contribution in [0.15, 0.2) is 29.9 Å². The molecule has 21 heavy (non-hydrogen) atoms. The van der Waals surface area contributed by atoms with E-state index >= 15 is 0 Å². The van der Waals surface area contributed by atoms with E-state index in [2.05, 4.69) is 31.2 Å². The van der Waals surface area contributed by atoms with Gasteiger partial charge in [0.05, 0.1) is 4.88 Å². The molecule has 0 aliphatic rings. The van der Waals surface area contributed by atoms with E-state index in [-0.39, 0.29) is 6.47 Å². The molecule has 0 aromatic carbocycles. The van der Waals surface area contributed by atoms with Gasteiger partial charge in [-0.3, -0.25) is 4.79 Å². The average Bonchev–Trinajstić information content (AvgIpc) is 3.18. The monoisotopic (exact) mass is 322 g/mol. The predicted octanol–water partition coefficient (Wildman–Crippen LogP) is 2.72. The van der Waals surface area contributed by atoms with E-state index in [0.29, 0.717) is 0 Å². The van der Waals surface area contributed by atoms with Crippen LogP contribution in [0.25, 0.3) is 10.7 Å². The highest BCUT2D eigenvalue weighted by Crippen LogP contribution is 2.23. The van der Waals surface area contributed by atoms with Crippen molar-refractivity contribution in [1.29, 1.82) is 0 Å². The predicted molar refractivity (Wildman–Crippen MR) is 82.6 cm³/mol. The Balaban J connectivity index is 0.000000497. The van der Waals surface area contributed by atoms with Crippen molar-refractivity contribution in [2.45, 2.75) is 19.9 Å². The lowest BCUT2D eigenvalue weighted by atomic mass is 10.4. The molecule has 0 aliphatic heterocycles. The molecule has 3 heterocycles. The number of hydrogen-bond acceptors (Lipinski definition) is 6. The van der Waals surface area contributed by atoms with E-state index in [0.717, 1.165) is 28.8 Å². The summed E-state index contributed by atoms with van der Waals surface area (Å²) in [5, 5.41) is 19.2. The maximum absolute atomic E-state index is 8.36. The standard InChI is InChI=1S/C12H12N4S2.CH2O2/c1-9-14-15-11(18-9)4-6-16-7-5-13-12(16)10-3-2-8-17-10;2-1-3/h2-3,5,7-8H,4,6H2,1H3;1H,(H,2,3). The van der Waals surface area contributed by atoms with Crippen molar-refractivity contribution >= 4 is 29.1 Å². The van der Waals surface area contributed by atoms with Gasteiger partial charge in [0.2, 0.25) is 0 Å². The molecule has 1 N–H and O–H groups in total. The number of aromatic nitrogens is 4. The van der Waals surface area contributed by atoms with Gasteiger partial charge in [0.25, 0.3) is 6.47 Å². The van der Waals surface area contributed by atoms with E-state index in [4.69, 9.17) is 9.90 Å². The molecule has 3 aromatic rings. The van der Waals surface area contributed by atoms with Crippen LogP contribution in [0.2, 0.25) is 0 Å². The molecule has 110 valence electrons. The highest BCUT2D eigenvalue weighted by molar-refractivity contribution is 7.13. The summed E-state index contributed by atoms with van der Waals surface area (Å²) >= 11 is 3.37. The van der Waals surface area contributed by atoms with Crippen molar-refractivity contribution in [1.82, 2.24) is 19.7 Å². The third kappa shape index (κ3) is 4.20. The van der Waals surface area contributed by atoms with Crippen LogP contribution in [-0.2, 0) is 17.8 Å². The van der Waals surface area contributed by atoms with Gasteiger partial charge in [-0.15, -0.1) is 32.9 Å². The zero-order valence-corrected chi connectivity index (χ0v) is 13.0. The van der Waals surface area contributed by atoms with Gasteiger partial charge in [-0.1, -0.05) is 6.07 Å². The average molecular weight is 322 g/mol. The van der Waals surface area contributed by atoms with Gasteiger partial charge in [0.1, 0.15) is 15.8 Å². The van der Waals surface area contributed by atoms with E-state index in [1.807, 2.05) is 25.4 Å².